The van der Waals surface area contributed by atoms with Crippen LogP contribution in [0.4, 0.5) is 0 Å². The Morgan fingerprint density at radius 1 is 0.333 bits per heavy atom. The van der Waals surface area contributed by atoms with Crippen molar-refractivity contribution in [1.82, 2.24) is 15.0 Å². The number of rotatable bonds is 5. The predicted octanol–water partition coefficient (Wildman–Crippen LogP) is 14.0. The molecule has 1 aliphatic rings. The second-order valence-electron chi connectivity index (χ2n) is 15.5. The lowest BCUT2D eigenvalue weighted by Crippen LogP contribution is -2.17. The van der Waals surface area contributed by atoms with Gasteiger partial charge < -0.3 is 0 Å². The largest absolute Gasteiger partial charge is 0.208 e. The average Bonchev–Trinajstić information content (AvgIpc) is 3.51. The number of hydrogen-bond donors (Lipinski definition) is 0. The molecule has 0 saturated carbocycles. The summed E-state index contributed by atoms with van der Waals surface area (Å²) in [6.45, 7) is 4.64. The summed E-state index contributed by atoms with van der Waals surface area (Å²) in [5.74, 6) is 1.95. The smallest absolute Gasteiger partial charge is 0.164 e. The Morgan fingerprint density at radius 3 is 1.61 bits per heavy atom. The number of fused-ring (bicyclic) bond motifs is 7. The van der Waals surface area contributed by atoms with E-state index in [0.717, 1.165) is 33.4 Å². The van der Waals surface area contributed by atoms with Crippen LogP contribution in [-0.4, -0.2) is 15.0 Å². The van der Waals surface area contributed by atoms with Gasteiger partial charge in [0.05, 0.1) is 0 Å². The molecule has 57 heavy (non-hydrogen) atoms. The zero-order valence-electron chi connectivity index (χ0n) is 31.7. The SMILES string of the molecule is CC1(C)c2ccccc2-c2cccc(-c3nc(-c4ccccc4-c4ccccc4)nc(-c4ccccc4-c4c5ccccc5cc5c4ccc4ccccc45)n3)c21. The Balaban J connectivity index is 1.21. The maximum Gasteiger partial charge on any atom is 0.164 e. The van der Waals surface area contributed by atoms with Crippen LogP contribution in [0.15, 0.2) is 188 Å². The molecule has 10 aromatic rings. The van der Waals surface area contributed by atoms with E-state index in [4.69, 9.17) is 15.0 Å². The van der Waals surface area contributed by atoms with Crippen LogP contribution in [0, 0.1) is 0 Å². The van der Waals surface area contributed by atoms with Crippen LogP contribution in [0.3, 0.4) is 0 Å². The molecule has 0 fully saturated rings. The van der Waals surface area contributed by atoms with Crippen molar-refractivity contribution in [2.24, 2.45) is 0 Å². The molecule has 11 rings (SSSR count). The van der Waals surface area contributed by atoms with Gasteiger partial charge in [0.25, 0.3) is 0 Å². The van der Waals surface area contributed by atoms with Gasteiger partial charge in [-0.15, -0.1) is 0 Å². The highest BCUT2D eigenvalue weighted by Crippen LogP contribution is 2.52. The minimum Gasteiger partial charge on any atom is -0.208 e. The molecule has 0 saturated heterocycles. The molecule has 9 aromatic carbocycles. The van der Waals surface area contributed by atoms with Crippen molar-refractivity contribution in [3.63, 3.8) is 0 Å². The fourth-order valence-corrected chi connectivity index (χ4v) is 9.33. The number of hydrogen-bond acceptors (Lipinski definition) is 3. The van der Waals surface area contributed by atoms with E-state index in [1.807, 2.05) is 0 Å². The van der Waals surface area contributed by atoms with Crippen molar-refractivity contribution in [1.29, 1.82) is 0 Å². The average molecular weight is 728 g/mol. The Kier molecular flexibility index (Phi) is 7.52. The van der Waals surface area contributed by atoms with Crippen LogP contribution in [0.2, 0.25) is 0 Å². The summed E-state index contributed by atoms with van der Waals surface area (Å²) >= 11 is 0. The summed E-state index contributed by atoms with van der Waals surface area (Å²) in [6, 6.07) is 67.2. The first-order chi connectivity index (χ1) is 28.0. The highest BCUT2D eigenvalue weighted by molar-refractivity contribution is 6.21. The quantitative estimate of drug-likeness (QED) is 0.131. The molecule has 1 aliphatic carbocycles. The molecular formula is C54H37N3. The molecule has 0 N–H and O–H groups in total. The van der Waals surface area contributed by atoms with Gasteiger partial charge in [-0.2, -0.15) is 0 Å². The molecule has 0 radical (unpaired) electrons. The van der Waals surface area contributed by atoms with Crippen molar-refractivity contribution in [2.45, 2.75) is 19.3 Å². The van der Waals surface area contributed by atoms with E-state index in [0.29, 0.717) is 17.5 Å². The summed E-state index contributed by atoms with van der Waals surface area (Å²) in [5, 5.41) is 7.28. The first-order valence-electron chi connectivity index (χ1n) is 19.6. The molecule has 0 unspecified atom stereocenters. The van der Waals surface area contributed by atoms with Gasteiger partial charge in [0.2, 0.25) is 0 Å². The van der Waals surface area contributed by atoms with Gasteiger partial charge in [-0.05, 0) is 82.9 Å². The van der Waals surface area contributed by atoms with E-state index in [1.54, 1.807) is 0 Å². The van der Waals surface area contributed by atoms with Crippen molar-refractivity contribution in [3.8, 4) is 67.5 Å². The third-order valence-electron chi connectivity index (χ3n) is 11.9. The maximum atomic E-state index is 5.48. The van der Waals surface area contributed by atoms with Gasteiger partial charge >= 0.3 is 0 Å². The Bertz CT molecular complexity index is 3220. The molecule has 3 nitrogen and oxygen atoms in total. The standard InChI is InChI=1S/C54H37N3/c1-54(2)48-30-15-14-24-40(48)43-28-16-29-46(50(43)54)53-56-51(44-26-12-10-21-37(44)34-17-4-3-5-18-34)55-52(57-53)45-27-13-11-25-41(45)49-39-23-9-7-20-36(39)33-47-38-22-8-6-19-35(38)31-32-42(47)49/h3-33H,1-2H3. The van der Waals surface area contributed by atoms with Gasteiger partial charge in [-0.3, -0.25) is 0 Å². The summed E-state index contributed by atoms with van der Waals surface area (Å²) < 4.78 is 0. The summed E-state index contributed by atoms with van der Waals surface area (Å²) in [5.41, 5.74) is 12.2. The minimum absolute atomic E-state index is 0.250. The summed E-state index contributed by atoms with van der Waals surface area (Å²) in [4.78, 5) is 16.3. The Morgan fingerprint density at radius 2 is 0.860 bits per heavy atom. The summed E-state index contributed by atoms with van der Waals surface area (Å²) in [7, 11) is 0. The van der Waals surface area contributed by atoms with Crippen LogP contribution in [0.25, 0.3) is 99.9 Å². The topological polar surface area (TPSA) is 38.7 Å². The van der Waals surface area contributed by atoms with Gasteiger partial charge in [0.1, 0.15) is 0 Å². The zero-order chi connectivity index (χ0) is 38.1. The monoisotopic (exact) mass is 727 g/mol. The van der Waals surface area contributed by atoms with E-state index in [9.17, 15) is 0 Å². The van der Waals surface area contributed by atoms with Gasteiger partial charge in [-0.25, -0.2) is 15.0 Å². The predicted molar refractivity (Wildman–Crippen MR) is 237 cm³/mol. The first-order valence-corrected chi connectivity index (χ1v) is 19.6. The normalized spacial score (nSPS) is 12.9. The van der Waals surface area contributed by atoms with Crippen molar-refractivity contribution >= 4 is 32.3 Å². The zero-order valence-corrected chi connectivity index (χ0v) is 31.7. The number of aromatic nitrogens is 3. The molecule has 0 spiro atoms. The van der Waals surface area contributed by atoms with E-state index in [-0.39, 0.29) is 5.41 Å². The lowest BCUT2D eigenvalue weighted by molar-refractivity contribution is 0.661. The van der Waals surface area contributed by atoms with Crippen molar-refractivity contribution in [2.75, 3.05) is 0 Å². The molecule has 268 valence electrons. The molecule has 0 amide bonds. The fourth-order valence-electron chi connectivity index (χ4n) is 9.33. The van der Waals surface area contributed by atoms with Crippen molar-refractivity contribution < 1.29 is 0 Å². The second-order valence-corrected chi connectivity index (χ2v) is 15.5. The molecular weight excluding hydrogens is 691 g/mol. The van der Waals surface area contributed by atoms with Crippen molar-refractivity contribution in [3.05, 3.63) is 199 Å². The van der Waals surface area contributed by atoms with E-state index >= 15 is 0 Å². The third kappa shape index (κ3) is 5.23. The van der Waals surface area contributed by atoms with Gasteiger partial charge in [0.15, 0.2) is 17.5 Å². The van der Waals surface area contributed by atoms with Crippen LogP contribution in [0.1, 0.15) is 25.0 Å². The molecule has 0 bridgehead atoms. The maximum absolute atomic E-state index is 5.48. The highest BCUT2D eigenvalue weighted by atomic mass is 15.0. The lowest BCUT2D eigenvalue weighted by Gasteiger charge is -2.24. The lowest BCUT2D eigenvalue weighted by atomic mass is 9.80. The van der Waals surface area contributed by atoms with Crippen LogP contribution < -0.4 is 0 Å². The number of nitrogens with zero attached hydrogens (tertiary/aromatic N) is 3. The Hall–Kier alpha value is -7.23. The fraction of sp³-hybridized carbons (Fsp3) is 0.0556. The molecule has 3 heteroatoms. The number of benzene rings is 9. The van der Waals surface area contributed by atoms with E-state index < -0.39 is 0 Å². The van der Waals surface area contributed by atoms with Gasteiger partial charge in [0, 0.05) is 22.1 Å². The van der Waals surface area contributed by atoms with E-state index in [2.05, 4.69) is 202 Å². The van der Waals surface area contributed by atoms with E-state index in [1.165, 1.54) is 60.1 Å². The molecule has 0 aliphatic heterocycles. The molecule has 0 atom stereocenters. The minimum atomic E-state index is -0.250. The molecule has 1 heterocycles. The summed E-state index contributed by atoms with van der Waals surface area (Å²) in [6.07, 6.45) is 0. The van der Waals surface area contributed by atoms with Gasteiger partial charge in [-0.1, -0.05) is 196 Å². The molecule has 1 aromatic heterocycles. The van der Waals surface area contributed by atoms with Crippen LogP contribution >= 0.6 is 0 Å². The first kappa shape index (κ1) is 33.1. The highest BCUT2D eigenvalue weighted by Gasteiger charge is 2.38. The second kappa shape index (κ2) is 12.9. The van der Waals surface area contributed by atoms with Crippen LogP contribution in [-0.2, 0) is 5.41 Å². The third-order valence-corrected chi connectivity index (χ3v) is 11.9. The van der Waals surface area contributed by atoms with Crippen LogP contribution in [0.5, 0.6) is 0 Å². The Labute approximate surface area is 332 Å².